The fraction of sp³-hybridized carbons (Fsp3) is 0.429. The van der Waals surface area contributed by atoms with Gasteiger partial charge in [0, 0.05) is 12.5 Å². The predicted octanol–water partition coefficient (Wildman–Crippen LogP) is 2.14. The number of rotatable bonds is 4. The van der Waals surface area contributed by atoms with E-state index in [9.17, 15) is 4.79 Å². The van der Waals surface area contributed by atoms with Gasteiger partial charge in [-0.25, -0.2) is 4.98 Å². The lowest BCUT2D eigenvalue weighted by Gasteiger charge is -2.10. The van der Waals surface area contributed by atoms with Crippen LogP contribution in [0.3, 0.4) is 0 Å². The Morgan fingerprint density at radius 3 is 2.42 bits per heavy atom. The average molecular weight is 262 g/mol. The second-order valence-corrected chi connectivity index (χ2v) is 4.83. The summed E-state index contributed by atoms with van der Waals surface area (Å²) in [6.45, 7) is 4.16. The van der Waals surface area contributed by atoms with Crippen molar-refractivity contribution in [2.75, 3.05) is 14.2 Å². The van der Waals surface area contributed by atoms with Crippen molar-refractivity contribution in [2.45, 2.75) is 20.3 Å². The van der Waals surface area contributed by atoms with E-state index in [2.05, 4.69) is 23.8 Å². The topological polar surface area (TPSA) is 64.2 Å². The molecule has 1 N–H and O–H groups in total. The molecule has 0 atom stereocenters. The van der Waals surface area contributed by atoms with Gasteiger partial charge in [0.2, 0.25) is 0 Å². The maximum Gasteiger partial charge on any atom is 0.258 e. The lowest BCUT2D eigenvalue weighted by Crippen LogP contribution is -2.13. The minimum Gasteiger partial charge on any atom is -0.493 e. The lowest BCUT2D eigenvalue weighted by molar-refractivity contribution is 0.355. The largest absolute Gasteiger partial charge is 0.493 e. The highest BCUT2D eigenvalue weighted by Gasteiger charge is 2.11. The fourth-order valence-corrected chi connectivity index (χ4v) is 2.00. The number of ether oxygens (including phenoxy) is 2. The molecule has 0 saturated heterocycles. The first kappa shape index (κ1) is 13.4. The highest BCUT2D eigenvalue weighted by molar-refractivity contribution is 5.81. The summed E-state index contributed by atoms with van der Waals surface area (Å²) in [5, 5.41) is 0.505. The number of fused-ring (bicyclic) bond motifs is 1. The number of aromatic amines is 1. The van der Waals surface area contributed by atoms with E-state index >= 15 is 0 Å². The van der Waals surface area contributed by atoms with E-state index in [1.165, 1.54) is 0 Å². The van der Waals surface area contributed by atoms with Crippen LogP contribution in [0.1, 0.15) is 19.7 Å². The summed E-state index contributed by atoms with van der Waals surface area (Å²) >= 11 is 0. The van der Waals surface area contributed by atoms with Gasteiger partial charge in [-0.2, -0.15) is 0 Å². The Bertz CT molecular complexity index is 647. The van der Waals surface area contributed by atoms with Crippen LogP contribution in [-0.4, -0.2) is 24.2 Å². The molecule has 5 heteroatoms. The molecule has 1 aromatic heterocycles. The molecule has 0 spiro atoms. The number of nitrogens with one attached hydrogen (secondary N) is 1. The van der Waals surface area contributed by atoms with Gasteiger partial charge in [-0.1, -0.05) is 13.8 Å². The van der Waals surface area contributed by atoms with E-state index in [-0.39, 0.29) is 5.56 Å². The van der Waals surface area contributed by atoms with Gasteiger partial charge >= 0.3 is 0 Å². The van der Waals surface area contributed by atoms with Crippen LogP contribution >= 0.6 is 0 Å². The highest BCUT2D eigenvalue weighted by Crippen LogP contribution is 2.29. The van der Waals surface area contributed by atoms with Gasteiger partial charge in [0.1, 0.15) is 5.82 Å². The molecular weight excluding hydrogens is 244 g/mol. The molecule has 1 aromatic carbocycles. The van der Waals surface area contributed by atoms with Crippen LogP contribution in [0.5, 0.6) is 11.5 Å². The first-order chi connectivity index (χ1) is 9.05. The number of hydrogen-bond donors (Lipinski definition) is 1. The Kier molecular flexibility index (Phi) is 3.74. The number of H-pyrrole nitrogens is 1. The average Bonchev–Trinajstić information content (AvgIpc) is 2.36. The first-order valence-electron chi connectivity index (χ1n) is 6.20. The van der Waals surface area contributed by atoms with Crippen LogP contribution in [-0.2, 0) is 6.42 Å². The summed E-state index contributed by atoms with van der Waals surface area (Å²) in [6, 6.07) is 3.38. The van der Waals surface area contributed by atoms with Crippen LogP contribution in [0.4, 0.5) is 0 Å². The normalized spacial score (nSPS) is 11.0. The van der Waals surface area contributed by atoms with Crippen molar-refractivity contribution in [3.05, 3.63) is 28.3 Å². The minimum absolute atomic E-state index is 0.151. The van der Waals surface area contributed by atoms with Crippen molar-refractivity contribution in [2.24, 2.45) is 5.92 Å². The molecule has 19 heavy (non-hydrogen) atoms. The first-order valence-corrected chi connectivity index (χ1v) is 6.20. The Labute approximate surface area is 111 Å². The van der Waals surface area contributed by atoms with Crippen LogP contribution in [0, 0.1) is 5.92 Å². The van der Waals surface area contributed by atoms with Crippen LogP contribution in [0.2, 0.25) is 0 Å². The third-order valence-corrected chi connectivity index (χ3v) is 2.86. The molecule has 0 unspecified atom stereocenters. The lowest BCUT2D eigenvalue weighted by atomic mass is 10.1. The maximum atomic E-state index is 12.1. The smallest absolute Gasteiger partial charge is 0.258 e. The molecule has 2 rings (SSSR count). The van der Waals surface area contributed by atoms with Gasteiger partial charge in [-0.05, 0) is 12.0 Å². The van der Waals surface area contributed by atoms with E-state index in [0.717, 1.165) is 6.42 Å². The molecule has 1 heterocycles. The van der Waals surface area contributed by atoms with Crippen molar-refractivity contribution in [1.29, 1.82) is 0 Å². The maximum absolute atomic E-state index is 12.1. The summed E-state index contributed by atoms with van der Waals surface area (Å²) in [5.74, 6) is 2.22. The number of aromatic nitrogens is 2. The quantitative estimate of drug-likeness (QED) is 0.916. The molecule has 0 aliphatic carbocycles. The molecule has 0 aliphatic heterocycles. The Balaban J connectivity index is 2.63. The van der Waals surface area contributed by atoms with E-state index in [0.29, 0.717) is 34.1 Å². The van der Waals surface area contributed by atoms with Gasteiger partial charge in [0.25, 0.3) is 5.56 Å². The van der Waals surface area contributed by atoms with Gasteiger partial charge in [-0.3, -0.25) is 4.79 Å². The van der Waals surface area contributed by atoms with Crippen molar-refractivity contribution in [1.82, 2.24) is 9.97 Å². The predicted molar refractivity (Wildman–Crippen MR) is 74.0 cm³/mol. The van der Waals surface area contributed by atoms with Gasteiger partial charge in [0.05, 0.1) is 25.1 Å². The van der Waals surface area contributed by atoms with Gasteiger partial charge < -0.3 is 14.5 Å². The molecule has 0 saturated carbocycles. The third-order valence-electron chi connectivity index (χ3n) is 2.86. The number of benzene rings is 1. The van der Waals surface area contributed by atoms with Gasteiger partial charge in [-0.15, -0.1) is 0 Å². The molecule has 0 aliphatic rings. The Hall–Kier alpha value is -2.04. The molecule has 0 bridgehead atoms. The van der Waals surface area contributed by atoms with Crippen molar-refractivity contribution < 1.29 is 9.47 Å². The van der Waals surface area contributed by atoms with E-state index < -0.39 is 0 Å². The zero-order valence-corrected chi connectivity index (χ0v) is 11.6. The minimum atomic E-state index is -0.151. The van der Waals surface area contributed by atoms with Gasteiger partial charge in [0.15, 0.2) is 11.5 Å². The SMILES string of the molecule is COc1cc2nc(CC(C)C)[nH]c(=O)c2cc1OC. The van der Waals surface area contributed by atoms with Crippen molar-refractivity contribution in [3.63, 3.8) is 0 Å². The van der Waals surface area contributed by atoms with E-state index in [1.807, 2.05) is 0 Å². The van der Waals surface area contributed by atoms with E-state index in [1.54, 1.807) is 26.4 Å². The second kappa shape index (κ2) is 5.30. The summed E-state index contributed by atoms with van der Waals surface area (Å²) < 4.78 is 10.4. The molecular formula is C14H18N2O3. The summed E-state index contributed by atoms with van der Waals surface area (Å²) in [5.41, 5.74) is 0.471. The molecule has 0 radical (unpaired) electrons. The van der Waals surface area contributed by atoms with Crippen LogP contribution in [0.25, 0.3) is 10.9 Å². The van der Waals surface area contributed by atoms with Crippen molar-refractivity contribution in [3.8, 4) is 11.5 Å². The summed E-state index contributed by atoms with van der Waals surface area (Å²) in [7, 11) is 3.10. The third kappa shape index (κ3) is 2.70. The highest BCUT2D eigenvalue weighted by atomic mass is 16.5. The fourth-order valence-electron chi connectivity index (χ4n) is 2.00. The number of methoxy groups -OCH3 is 2. The zero-order chi connectivity index (χ0) is 14.0. The summed E-state index contributed by atoms with van der Waals surface area (Å²) in [6.07, 6.45) is 0.736. The molecule has 2 aromatic rings. The molecule has 0 amide bonds. The molecule has 102 valence electrons. The van der Waals surface area contributed by atoms with Crippen LogP contribution < -0.4 is 15.0 Å². The van der Waals surface area contributed by atoms with Crippen molar-refractivity contribution >= 4 is 10.9 Å². The standard InChI is InChI=1S/C14H18N2O3/c1-8(2)5-13-15-10-7-12(19-4)11(18-3)6-9(10)14(17)16-13/h6-8H,5H2,1-4H3,(H,15,16,17). The second-order valence-electron chi connectivity index (χ2n) is 4.83. The Morgan fingerprint density at radius 2 is 1.84 bits per heavy atom. The summed E-state index contributed by atoms with van der Waals surface area (Å²) in [4.78, 5) is 19.3. The Morgan fingerprint density at radius 1 is 1.21 bits per heavy atom. The zero-order valence-electron chi connectivity index (χ0n) is 11.6. The number of hydrogen-bond acceptors (Lipinski definition) is 4. The molecule has 5 nitrogen and oxygen atoms in total. The van der Waals surface area contributed by atoms with Crippen LogP contribution in [0.15, 0.2) is 16.9 Å². The monoisotopic (exact) mass is 262 g/mol. The molecule has 0 fully saturated rings. The van der Waals surface area contributed by atoms with E-state index in [4.69, 9.17) is 9.47 Å². The number of nitrogens with zero attached hydrogens (tertiary/aromatic N) is 1.